The Kier molecular flexibility index (Phi) is 4.44. The number of carbonyl (C=O) groups is 3. The van der Waals surface area contributed by atoms with Crippen molar-refractivity contribution in [1.29, 1.82) is 0 Å². The number of carbonyl (C=O) groups excluding carboxylic acids is 3. The lowest BCUT2D eigenvalue weighted by Crippen LogP contribution is -2.51. The van der Waals surface area contributed by atoms with E-state index in [9.17, 15) is 14.4 Å². The molecule has 5 nitrogen and oxygen atoms in total. The zero-order valence-corrected chi connectivity index (χ0v) is 14.2. The van der Waals surface area contributed by atoms with E-state index in [1.165, 1.54) is 25.3 Å². The van der Waals surface area contributed by atoms with Crippen molar-refractivity contribution in [2.45, 2.75) is 46.3 Å². The summed E-state index contributed by atoms with van der Waals surface area (Å²) in [6.45, 7) is 7.11. The fourth-order valence-corrected chi connectivity index (χ4v) is 3.19. The van der Waals surface area contributed by atoms with Gasteiger partial charge >= 0.3 is 5.97 Å². The fraction of sp³-hybridized carbons (Fsp3) is 0.500. The number of ketones is 2. The molecule has 0 aromatic rings. The van der Waals surface area contributed by atoms with Crippen molar-refractivity contribution < 1.29 is 23.9 Å². The summed E-state index contributed by atoms with van der Waals surface area (Å²) in [5.41, 5.74) is 1.11. The average Bonchev–Trinajstić information content (AvgIpc) is 2.40. The first-order valence-electron chi connectivity index (χ1n) is 7.53. The Hall–Kier alpha value is -2.01. The molecule has 0 amide bonds. The highest BCUT2D eigenvalue weighted by Gasteiger charge is 2.53. The lowest BCUT2D eigenvalue weighted by atomic mass is 9.68. The van der Waals surface area contributed by atoms with Crippen LogP contribution in [0.4, 0.5) is 0 Å². The number of allylic oxidation sites excluding steroid dienone is 3. The van der Waals surface area contributed by atoms with Crippen LogP contribution < -0.4 is 0 Å². The van der Waals surface area contributed by atoms with Crippen molar-refractivity contribution in [2.24, 2.45) is 5.41 Å². The summed E-state index contributed by atoms with van der Waals surface area (Å²) in [6, 6.07) is 0. The van der Waals surface area contributed by atoms with Crippen LogP contribution in [-0.2, 0) is 23.9 Å². The third kappa shape index (κ3) is 3.20. The van der Waals surface area contributed by atoms with Gasteiger partial charge in [0.2, 0.25) is 5.79 Å². The van der Waals surface area contributed by atoms with Crippen LogP contribution in [0.2, 0.25) is 0 Å². The summed E-state index contributed by atoms with van der Waals surface area (Å²) in [4.78, 5) is 36.5. The Morgan fingerprint density at radius 1 is 1.35 bits per heavy atom. The highest BCUT2D eigenvalue weighted by molar-refractivity contribution is 6.03. The van der Waals surface area contributed by atoms with Crippen LogP contribution in [0, 0.1) is 5.41 Å². The van der Waals surface area contributed by atoms with Gasteiger partial charge in [0.15, 0.2) is 11.6 Å². The molecule has 0 bridgehead atoms. The molecule has 0 fully saturated rings. The zero-order valence-electron chi connectivity index (χ0n) is 14.2. The number of fused-ring (bicyclic) bond motifs is 1. The van der Waals surface area contributed by atoms with Crippen LogP contribution in [0.5, 0.6) is 0 Å². The molecule has 0 spiro atoms. The van der Waals surface area contributed by atoms with Gasteiger partial charge in [-0.05, 0) is 38.5 Å². The van der Waals surface area contributed by atoms with Crippen molar-refractivity contribution in [3.8, 4) is 0 Å². The maximum Gasteiger partial charge on any atom is 0.333 e. The topological polar surface area (TPSA) is 69.7 Å². The van der Waals surface area contributed by atoms with Gasteiger partial charge in [0.1, 0.15) is 0 Å². The van der Waals surface area contributed by atoms with Crippen LogP contribution in [0.1, 0.15) is 40.5 Å². The maximum atomic E-state index is 12.6. The number of hydrogen-bond donors (Lipinski definition) is 0. The molecule has 1 aliphatic carbocycles. The van der Waals surface area contributed by atoms with E-state index in [1.54, 1.807) is 13.8 Å². The van der Waals surface area contributed by atoms with Gasteiger partial charge < -0.3 is 9.47 Å². The smallest absolute Gasteiger partial charge is 0.333 e. The van der Waals surface area contributed by atoms with Crippen molar-refractivity contribution in [1.82, 2.24) is 0 Å². The first kappa shape index (κ1) is 17.3. The van der Waals surface area contributed by atoms with Crippen molar-refractivity contribution in [2.75, 3.05) is 7.11 Å². The van der Waals surface area contributed by atoms with E-state index in [-0.39, 0.29) is 24.4 Å². The van der Waals surface area contributed by atoms with E-state index < -0.39 is 17.2 Å². The quantitative estimate of drug-likeness (QED) is 0.589. The molecule has 0 radical (unpaired) electrons. The van der Waals surface area contributed by atoms with E-state index in [0.717, 1.165) is 5.57 Å². The minimum atomic E-state index is -1.30. The van der Waals surface area contributed by atoms with Crippen LogP contribution in [0.3, 0.4) is 0 Å². The summed E-state index contributed by atoms with van der Waals surface area (Å²) in [6.07, 6.45) is 4.48. The minimum absolute atomic E-state index is 0.0478. The molecule has 0 saturated heterocycles. The second kappa shape index (κ2) is 5.89. The number of hydrogen-bond acceptors (Lipinski definition) is 5. The van der Waals surface area contributed by atoms with Gasteiger partial charge in [-0.2, -0.15) is 0 Å². The molecule has 0 saturated carbocycles. The Balaban J connectivity index is 2.43. The van der Waals surface area contributed by atoms with Crippen LogP contribution in [0.15, 0.2) is 34.9 Å². The maximum absolute atomic E-state index is 12.6. The van der Waals surface area contributed by atoms with Gasteiger partial charge in [0.25, 0.3) is 0 Å². The van der Waals surface area contributed by atoms with Gasteiger partial charge in [0, 0.05) is 37.0 Å². The first-order chi connectivity index (χ1) is 10.6. The summed E-state index contributed by atoms with van der Waals surface area (Å²) >= 11 is 0. The Morgan fingerprint density at radius 3 is 2.57 bits per heavy atom. The molecule has 124 valence electrons. The lowest BCUT2D eigenvalue weighted by molar-refractivity contribution is -0.215. The number of rotatable bonds is 4. The second-order valence-corrected chi connectivity index (χ2v) is 6.73. The van der Waals surface area contributed by atoms with Gasteiger partial charge in [-0.3, -0.25) is 9.59 Å². The fourth-order valence-electron chi connectivity index (χ4n) is 3.19. The highest BCUT2D eigenvalue weighted by Crippen LogP contribution is 2.47. The molecule has 5 heteroatoms. The molecule has 2 atom stereocenters. The minimum Gasteiger partial charge on any atom is -0.425 e. The summed E-state index contributed by atoms with van der Waals surface area (Å²) < 4.78 is 10.9. The number of ether oxygens (including phenoxy) is 2. The highest BCUT2D eigenvalue weighted by atomic mass is 16.7. The molecule has 23 heavy (non-hydrogen) atoms. The predicted molar refractivity (Wildman–Crippen MR) is 84.5 cm³/mol. The standard InChI is InChI=1S/C18H22O5/c1-11(2)6-13(19)9-17(4)10-18(22-5)14(8-15(17)20)12(3)7-16(21)23-18/h6-8H,9-10H2,1-5H3/t17-,18+/m0/s1. The molecule has 0 N–H and O–H groups in total. The van der Waals surface area contributed by atoms with Gasteiger partial charge in [-0.15, -0.1) is 0 Å². The van der Waals surface area contributed by atoms with E-state index in [2.05, 4.69) is 0 Å². The summed E-state index contributed by atoms with van der Waals surface area (Å²) in [5.74, 6) is -2.09. The van der Waals surface area contributed by atoms with E-state index >= 15 is 0 Å². The van der Waals surface area contributed by atoms with E-state index in [1.807, 2.05) is 13.8 Å². The Bertz CT molecular complexity index is 663. The van der Waals surface area contributed by atoms with E-state index in [4.69, 9.17) is 9.47 Å². The zero-order chi connectivity index (χ0) is 17.4. The largest absolute Gasteiger partial charge is 0.425 e. The Labute approximate surface area is 136 Å². The summed E-state index contributed by atoms with van der Waals surface area (Å²) in [7, 11) is 1.44. The third-order valence-electron chi connectivity index (χ3n) is 4.27. The van der Waals surface area contributed by atoms with Gasteiger partial charge in [-0.1, -0.05) is 12.5 Å². The first-order valence-corrected chi connectivity index (χ1v) is 7.53. The Morgan fingerprint density at radius 2 is 2.00 bits per heavy atom. The number of esters is 1. The van der Waals surface area contributed by atoms with Gasteiger partial charge in [-0.25, -0.2) is 4.79 Å². The normalized spacial score (nSPS) is 30.0. The molecular formula is C18H22O5. The molecule has 1 heterocycles. The molecule has 2 rings (SSSR count). The van der Waals surface area contributed by atoms with Crippen LogP contribution >= 0.6 is 0 Å². The van der Waals surface area contributed by atoms with Crippen molar-refractivity contribution in [3.05, 3.63) is 34.9 Å². The van der Waals surface area contributed by atoms with E-state index in [0.29, 0.717) is 11.1 Å². The molecule has 0 aromatic carbocycles. The lowest BCUT2D eigenvalue weighted by Gasteiger charge is -2.45. The van der Waals surface area contributed by atoms with Crippen LogP contribution in [0.25, 0.3) is 0 Å². The molecule has 2 aliphatic rings. The molecule has 1 aliphatic heterocycles. The summed E-state index contributed by atoms with van der Waals surface area (Å²) in [5, 5.41) is 0. The number of methoxy groups -OCH3 is 1. The SMILES string of the molecule is CO[C@@]12C[C@](C)(CC(=O)C=C(C)C)C(=O)C=C1C(C)=CC(=O)O2. The molecule has 0 aromatic heterocycles. The molecule has 0 unspecified atom stereocenters. The predicted octanol–water partition coefficient (Wildman–Crippen LogP) is 2.66. The van der Waals surface area contributed by atoms with Crippen LogP contribution in [-0.4, -0.2) is 30.4 Å². The average molecular weight is 318 g/mol. The third-order valence-corrected chi connectivity index (χ3v) is 4.27. The monoisotopic (exact) mass is 318 g/mol. The van der Waals surface area contributed by atoms with Crippen molar-refractivity contribution >= 4 is 17.5 Å². The molecular weight excluding hydrogens is 296 g/mol. The van der Waals surface area contributed by atoms with Gasteiger partial charge in [0.05, 0.1) is 0 Å². The second-order valence-electron chi connectivity index (χ2n) is 6.73. The van der Waals surface area contributed by atoms with Crippen molar-refractivity contribution in [3.63, 3.8) is 0 Å².